The third kappa shape index (κ3) is 2.88. The third-order valence-corrected chi connectivity index (χ3v) is 3.84. The van der Waals surface area contributed by atoms with Gasteiger partial charge in [0.25, 0.3) is 0 Å². The summed E-state index contributed by atoms with van der Waals surface area (Å²) in [5.74, 6) is -1.06. The molecule has 0 amide bonds. The molecule has 3 rings (SSSR count). The van der Waals surface area contributed by atoms with Crippen molar-refractivity contribution < 1.29 is 14.3 Å². The summed E-state index contributed by atoms with van der Waals surface area (Å²) in [4.78, 5) is 24.0. The maximum Gasteiger partial charge on any atom is 0.339 e. The topological polar surface area (TPSA) is 70.3 Å². The van der Waals surface area contributed by atoms with Crippen molar-refractivity contribution in [3.8, 4) is 5.75 Å². The molecule has 0 unspecified atom stereocenters. The summed E-state index contributed by atoms with van der Waals surface area (Å²) in [5.41, 5.74) is 0.358. The summed E-state index contributed by atoms with van der Waals surface area (Å²) < 4.78 is 5.29. The highest BCUT2D eigenvalue weighted by molar-refractivity contribution is 5.84. The Kier molecular flexibility index (Phi) is 3.98. The molecule has 0 aliphatic rings. The molecule has 0 aliphatic heterocycles. The molecule has 1 heterocycles. The smallest absolute Gasteiger partial charge is 0.339 e. The Morgan fingerprint density at radius 3 is 2.43 bits per heavy atom. The molecule has 0 saturated carbocycles. The fourth-order valence-electron chi connectivity index (χ4n) is 2.80. The van der Waals surface area contributed by atoms with E-state index in [1.54, 1.807) is 24.3 Å². The Morgan fingerprint density at radius 2 is 1.74 bits per heavy atom. The number of carbonyl (C=O) groups excluding carboxylic acids is 1. The average molecular weight is 307 g/mol. The van der Waals surface area contributed by atoms with Gasteiger partial charge in [-0.25, -0.2) is 4.79 Å². The van der Waals surface area contributed by atoms with E-state index in [9.17, 15) is 14.7 Å². The number of para-hydroxylation sites is 1. The maximum atomic E-state index is 12.8. The van der Waals surface area contributed by atoms with Gasteiger partial charge in [-0.1, -0.05) is 54.3 Å². The average Bonchev–Trinajstić information content (AvgIpc) is 2.54. The molecule has 0 radical (unpaired) electrons. The van der Waals surface area contributed by atoms with Crippen molar-refractivity contribution in [1.82, 2.24) is 0 Å². The van der Waals surface area contributed by atoms with Gasteiger partial charge >= 0.3 is 5.63 Å². The lowest BCUT2D eigenvalue weighted by molar-refractivity contribution is -0.267. The molecule has 0 fully saturated rings. The molecule has 3 aromatic rings. The highest BCUT2D eigenvalue weighted by Crippen LogP contribution is 2.34. The fraction of sp³-hybridized carbons (Fsp3) is 0.158. The van der Waals surface area contributed by atoms with Crippen molar-refractivity contribution in [2.45, 2.75) is 19.3 Å². The number of hydrogen-bond donors (Lipinski definition) is 0. The lowest BCUT2D eigenvalue weighted by atomic mass is 9.87. The molecule has 23 heavy (non-hydrogen) atoms. The lowest BCUT2D eigenvalue weighted by Gasteiger charge is -2.22. The van der Waals surface area contributed by atoms with Crippen LogP contribution in [0.25, 0.3) is 11.0 Å². The Morgan fingerprint density at radius 1 is 1.09 bits per heavy atom. The Balaban J connectivity index is 2.26. The van der Waals surface area contributed by atoms with E-state index in [-0.39, 0.29) is 29.1 Å². The molecule has 2 aromatic carbocycles. The molecule has 1 atom stereocenters. The van der Waals surface area contributed by atoms with E-state index in [1.807, 2.05) is 30.3 Å². The van der Waals surface area contributed by atoms with Crippen molar-refractivity contribution in [1.29, 1.82) is 0 Å². The van der Waals surface area contributed by atoms with Gasteiger partial charge in [-0.2, -0.15) is 0 Å². The minimum atomic E-state index is -0.677. The van der Waals surface area contributed by atoms with Crippen molar-refractivity contribution in [3.05, 3.63) is 76.1 Å². The molecule has 116 valence electrons. The zero-order chi connectivity index (χ0) is 16.4. The lowest BCUT2D eigenvalue weighted by Crippen LogP contribution is -2.19. The van der Waals surface area contributed by atoms with Crippen LogP contribution >= 0.6 is 0 Å². The van der Waals surface area contributed by atoms with Gasteiger partial charge in [0.1, 0.15) is 11.4 Å². The first-order chi connectivity index (χ1) is 11.1. The molecular formula is C19H15O4-. The number of rotatable bonds is 4. The van der Waals surface area contributed by atoms with Gasteiger partial charge in [-0.05, 0) is 18.6 Å². The molecule has 4 nitrogen and oxygen atoms in total. The highest BCUT2D eigenvalue weighted by atomic mass is 16.4. The highest BCUT2D eigenvalue weighted by Gasteiger charge is 2.22. The summed E-state index contributed by atoms with van der Waals surface area (Å²) in [6, 6.07) is 15.7. The molecule has 0 spiro atoms. The molecule has 0 aliphatic carbocycles. The summed E-state index contributed by atoms with van der Waals surface area (Å²) in [5, 5.41) is 13.1. The first-order valence-corrected chi connectivity index (χ1v) is 7.35. The van der Waals surface area contributed by atoms with Crippen molar-refractivity contribution in [3.63, 3.8) is 0 Å². The van der Waals surface area contributed by atoms with Crippen LogP contribution in [-0.4, -0.2) is 5.78 Å². The number of ketones is 1. The number of Topliss-reactive ketones (excluding diaryl/α,β-unsaturated/α-hetero) is 1. The predicted octanol–water partition coefficient (Wildman–Crippen LogP) is 2.98. The monoisotopic (exact) mass is 307 g/mol. The fourth-order valence-corrected chi connectivity index (χ4v) is 2.80. The summed E-state index contributed by atoms with van der Waals surface area (Å²) in [6.07, 6.45) is 0.0857. The van der Waals surface area contributed by atoms with Crippen LogP contribution < -0.4 is 10.7 Å². The van der Waals surface area contributed by atoms with Gasteiger partial charge in [-0.3, -0.25) is 4.79 Å². The van der Waals surface area contributed by atoms with Gasteiger partial charge in [0, 0.05) is 23.3 Å². The first-order valence-electron chi connectivity index (χ1n) is 7.35. The normalized spacial score (nSPS) is 12.2. The van der Waals surface area contributed by atoms with Crippen molar-refractivity contribution >= 4 is 16.8 Å². The number of hydrogen-bond acceptors (Lipinski definition) is 4. The van der Waals surface area contributed by atoms with Gasteiger partial charge in [0.2, 0.25) is 0 Å². The second-order valence-corrected chi connectivity index (χ2v) is 5.50. The Hall–Kier alpha value is -2.88. The van der Waals surface area contributed by atoms with Gasteiger partial charge < -0.3 is 9.52 Å². The van der Waals surface area contributed by atoms with Crippen LogP contribution in [-0.2, 0) is 4.79 Å². The standard InChI is InChI=1S/C19H16O4/c1-12(20)11-15(13-7-3-2-4-8-13)17-18(21)14-9-5-6-10-16(14)23-19(17)22/h2-10,15,21H,11H2,1H3/p-1/t15-/m0/s1. The van der Waals surface area contributed by atoms with Crippen molar-refractivity contribution in [2.75, 3.05) is 0 Å². The molecule has 0 bridgehead atoms. The Bertz CT molecular complexity index is 910. The zero-order valence-corrected chi connectivity index (χ0v) is 12.6. The van der Waals surface area contributed by atoms with Gasteiger partial charge in [0.15, 0.2) is 0 Å². The van der Waals surface area contributed by atoms with Gasteiger partial charge in [0.05, 0.1) is 0 Å². The zero-order valence-electron chi connectivity index (χ0n) is 12.6. The summed E-state index contributed by atoms with van der Waals surface area (Å²) in [7, 11) is 0. The van der Waals surface area contributed by atoms with Crippen LogP contribution in [0, 0.1) is 0 Å². The van der Waals surface area contributed by atoms with E-state index in [2.05, 4.69) is 0 Å². The van der Waals surface area contributed by atoms with E-state index in [0.29, 0.717) is 5.39 Å². The minimum Gasteiger partial charge on any atom is -0.872 e. The van der Waals surface area contributed by atoms with E-state index in [1.165, 1.54) is 6.92 Å². The second-order valence-electron chi connectivity index (χ2n) is 5.50. The molecule has 0 N–H and O–H groups in total. The Labute approximate surface area is 133 Å². The van der Waals surface area contributed by atoms with Gasteiger partial charge in [-0.15, -0.1) is 0 Å². The first kappa shape index (κ1) is 15.0. The van der Waals surface area contributed by atoms with Crippen LogP contribution in [0.4, 0.5) is 0 Å². The minimum absolute atomic E-state index is 0.0186. The number of fused-ring (bicyclic) bond motifs is 1. The maximum absolute atomic E-state index is 12.8. The van der Waals surface area contributed by atoms with Crippen LogP contribution in [0.2, 0.25) is 0 Å². The third-order valence-electron chi connectivity index (χ3n) is 3.84. The van der Waals surface area contributed by atoms with E-state index in [4.69, 9.17) is 4.42 Å². The number of benzene rings is 2. The van der Waals surface area contributed by atoms with E-state index in [0.717, 1.165) is 5.56 Å². The molecule has 4 heteroatoms. The summed E-state index contributed by atoms with van der Waals surface area (Å²) in [6.45, 7) is 1.45. The van der Waals surface area contributed by atoms with Crippen LogP contribution in [0.3, 0.4) is 0 Å². The second kappa shape index (κ2) is 6.08. The van der Waals surface area contributed by atoms with Crippen LogP contribution in [0.5, 0.6) is 5.75 Å². The number of carbonyl (C=O) groups is 1. The van der Waals surface area contributed by atoms with Crippen LogP contribution in [0.15, 0.2) is 63.8 Å². The van der Waals surface area contributed by atoms with E-state index < -0.39 is 11.5 Å². The van der Waals surface area contributed by atoms with E-state index >= 15 is 0 Å². The molecule has 1 aromatic heterocycles. The van der Waals surface area contributed by atoms with Crippen LogP contribution in [0.1, 0.15) is 30.4 Å². The predicted molar refractivity (Wildman–Crippen MR) is 85.5 cm³/mol. The molecule has 0 saturated heterocycles. The largest absolute Gasteiger partial charge is 0.872 e. The summed E-state index contributed by atoms with van der Waals surface area (Å²) >= 11 is 0. The van der Waals surface area contributed by atoms with Crippen molar-refractivity contribution in [2.24, 2.45) is 0 Å². The quantitative estimate of drug-likeness (QED) is 0.695. The SMILES string of the molecule is CC(=O)C[C@@H](c1ccccc1)c1c([O-])c2ccccc2oc1=O. The molecular weight excluding hydrogens is 292 g/mol.